The summed E-state index contributed by atoms with van der Waals surface area (Å²) >= 11 is 0. The second-order valence-corrected chi connectivity index (χ2v) is 9.29. The number of hydrogen-bond donors (Lipinski definition) is 0. The molecule has 1 atom stereocenters. The lowest BCUT2D eigenvalue weighted by molar-refractivity contribution is -0.169. The number of pyridine rings is 1. The summed E-state index contributed by atoms with van der Waals surface area (Å²) in [4.78, 5) is 4.91. The van der Waals surface area contributed by atoms with Gasteiger partial charge in [0.1, 0.15) is 5.69 Å². The second kappa shape index (κ2) is 8.62. The predicted molar refractivity (Wildman–Crippen MR) is 118 cm³/mol. The summed E-state index contributed by atoms with van der Waals surface area (Å²) < 4.78 is 25.9. The maximum Gasteiger partial charge on any atom is 0.496 e. The van der Waals surface area contributed by atoms with E-state index in [0.717, 1.165) is 60.5 Å². The van der Waals surface area contributed by atoms with Crippen LogP contribution >= 0.6 is 0 Å². The minimum atomic E-state index is -0.436. The van der Waals surface area contributed by atoms with E-state index in [2.05, 4.69) is 44.9 Å². The molecule has 8 nitrogen and oxygen atoms in total. The van der Waals surface area contributed by atoms with Crippen LogP contribution in [0.4, 0.5) is 0 Å². The Labute approximate surface area is 184 Å². The van der Waals surface area contributed by atoms with Crippen LogP contribution < -0.4 is 5.46 Å². The first-order chi connectivity index (χ1) is 14.7. The van der Waals surface area contributed by atoms with Gasteiger partial charge in [0.15, 0.2) is 6.29 Å². The molecule has 0 saturated carbocycles. The summed E-state index contributed by atoms with van der Waals surface area (Å²) in [6.07, 6.45) is 3.73. The third-order valence-corrected chi connectivity index (χ3v) is 6.58. The third kappa shape index (κ3) is 4.42. The van der Waals surface area contributed by atoms with Gasteiger partial charge in [0.05, 0.1) is 29.2 Å². The number of rotatable bonds is 6. The van der Waals surface area contributed by atoms with Crippen molar-refractivity contribution < 1.29 is 18.8 Å². The molecule has 4 rings (SSSR count). The van der Waals surface area contributed by atoms with Gasteiger partial charge in [-0.15, -0.1) is 5.10 Å². The van der Waals surface area contributed by atoms with Gasteiger partial charge in [-0.05, 0) is 59.4 Å². The summed E-state index contributed by atoms with van der Waals surface area (Å²) in [6.45, 7) is 11.5. The fourth-order valence-electron chi connectivity index (χ4n) is 3.86. The van der Waals surface area contributed by atoms with Gasteiger partial charge >= 0.3 is 7.12 Å². The van der Waals surface area contributed by atoms with Crippen molar-refractivity contribution in [1.29, 1.82) is 0 Å². The van der Waals surface area contributed by atoms with Crippen LogP contribution in [-0.4, -0.2) is 51.2 Å². The van der Waals surface area contributed by atoms with Gasteiger partial charge in [-0.1, -0.05) is 18.2 Å². The summed E-state index contributed by atoms with van der Waals surface area (Å²) in [7, 11) is 1.44. The molecule has 0 N–H and O–H groups in total. The Hall–Kier alpha value is -1.81. The van der Waals surface area contributed by atoms with Crippen molar-refractivity contribution in [3.05, 3.63) is 23.5 Å². The molecule has 0 aromatic carbocycles. The molecular weight excluding hydrogens is 395 g/mol. The Kier molecular flexibility index (Phi) is 6.22. The van der Waals surface area contributed by atoms with Crippen LogP contribution in [0, 0.1) is 0 Å². The Morgan fingerprint density at radius 1 is 1.16 bits per heavy atom. The van der Waals surface area contributed by atoms with Gasteiger partial charge in [-0.3, -0.25) is 4.98 Å². The minimum Gasteiger partial charge on any atom is -0.399 e. The second-order valence-electron chi connectivity index (χ2n) is 9.29. The van der Waals surface area contributed by atoms with Crippen molar-refractivity contribution in [2.24, 2.45) is 7.05 Å². The van der Waals surface area contributed by atoms with Gasteiger partial charge in [0, 0.05) is 24.8 Å². The van der Waals surface area contributed by atoms with Crippen LogP contribution in [0.15, 0.2) is 12.1 Å². The molecule has 2 aromatic rings. The summed E-state index contributed by atoms with van der Waals surface area (Å²) in [5, 5.41) is 8.57. The molecule has 9 heteroatoms. The van der Waals surface area contributed by atoms with E-state index in [1.807, 2.05) is 19.2 Å². The van der Waals surface area contributed by atoms with Crippen molar-refractivity contribution in [2.45, 2.75) is 84.4 Å². The van der Waals surface area contributed by atoms with Gasteiger partial charge in [-0.2, -0.15) is 0 Å². The van der Waals surface area contributed by atoms with E-state index >= 15 is 0 Å². The molecule has 0 radical (unpaired) electrons. The lowest BCUT2D eigenvalue weighted by Crippen LogP contribution is -2.41. The topological polar surface area (TPSA) is 80.5 Å². The first kappa shape index (κ1) is 22.4. The molecule has 0 bridgehead atoms. The molecule has 2 aliphatic heterocycles. The largest absolute Gasteiger partial charge is 0.496 e. The highest BCUT2D eigenvalue weighted by Crippen LogP contribution is 2.36. The average molecular weight is 428 g/mol. The van der Waals surface area contributed by atoms with Crippen molar-refractivity contribution in [1.82, 2.24) is 20.0 Å². The fraction of sp³-hybridized carbons (Fsp3) is 0.682. The van der Waals surface area contributed by atoms with Crippen molar-refractivity contribution in [3.8, 4) is 11.4 Å². The maximum atomic E-state index is 6.24. The molecular formula is C22H33BN4O4. The zero-order valence-electron chi connectivity index (χ0n) is 19.5. The first-order valence-corrected chi connectivity index (χ1v) is 11.2. The van der Waals surface area contributed by atoms with Crippen molar-refractivity contribution in [3.63, 3.8) is 0 Å². The Morgan fingerprint density at radius 2 is 1.90 bits per heavy atom. The number of aryl methyl sites for hydroxylation is 2. The molecule has 2 aromatic heterocycles. The van der Waals surface area contributed by atoms with E-state index in [1.54, 1.807) is 4.68 Å². The summed E-state index contributed by atoms with van der Waals surface area (Å²) in [5.41, 5.74) is 3.50. The van der Waals surface area contributed by atoms with Gasteiger partial charge in [-0.25, -0.2) is 4.68 Å². The molecule has 0 amide bonds. The lowest BCUT2D eigenvalue weighted by Gasteiger charge is -2.32. The highest BCUT2D eigenvalue weighted by Gasteiger charge is 2.52. The Bertz CT molecular complexity index is 908. The van der Waals surface area contributed by atoms with Crippen LogP contribution in [0.5, 0.6) is 0 Å². The van der Waals surface area contributed by atoms with Crippen LogP contribution in [0.2, 0.25) is 0 Å². The van der Waals surface area contributed by atoms with E-state index in [9.17, 15) is 0 Å². The molecule has 168 valence electrons. The fourth-order valence-corrected chi connectivity index (χ4v) is 3.86. The number of nitrogens with zero attached hydrogens (tertiary/aromatic N) is 4. The van der Waals surface area contributed by atoms with E-state index in [-0.39, 0.29) is 6.29 Å². The Balaban J connectivity index is 1.57. The maximum absolute atomic E-state index is 6.24. The lowest BCUT2D eigenvalue weighted by atomic mass is 9.77. The van der Waals surface area contributed by atoms with E-state index in [1.165, 1.54) is 0 Å². The number of ether oxygens (including phenoxy) is 2. The van der Waals surface area contributed by atoms with Gasteiger partial charge in [0.25, 0.3) is 0 Å². The molecule has 0 spiro atoms. The van der Waals surface area contributed by atoms with Crippen LogP contribution in [0.3, 0.4) is 0 Å². The third-order valence-electron chi connectivity index (χ3n) is 6.58. The zero-order chi connectivity index (χ0) is 22.2. The average Bonchev–Trinajstić information content (AvgIpc) is 3.21. The molecule has 2 fully saturated rings. The highest BCUT2D eigenvalue weighted by atomic mass is 16.7. The van der Waals surface area contributed by atoms with Crippen molar-refractivity contribution >= 4 is 12.6 Å². The van der Waals surface area contributed by atoms with Gasteiger partial charge < -0.3 is 18.8 Å². The van der Waals surface area contributed by atoms with E-state index < -0.39 is 18.3 Å². The standard InChI is InChI=1S/C22H33BN4O4/c1-7-16-15(23-30-21(2,3)22(4,5)31-23)11-12-17(24-16)20-18(27(6)26-25-20)14-29-19-10-8-9-13-28-19/h11-12,19H,7-10,13-14H2,1-6H3. The summed E-state index contributed by atoms with van der Waals surface area (Å²) in [6, 6.07) is 4.00. The van der Waals surface area contributed by atoms with E-state index in [4.69, 9.17) is 23.8 Å². The SMILES string of the molecule is CCc1nc(-c2nnn(C)c2COC2CCCCO2)ccc1B1OC(C)(C)C(C)(C)O1. The van der Waals surface area contributed by atoms with E-state index in [0.29, 0.717) is 6.61 Å². The smallest absolute Gasteiger partial charge is 0.399 e. The molecule has 2 saturated heterocycles. The van der Waals surface area contributed by atoms with Crippen molar-refractivity contribution in [2.75, 3.05) is 6.61 Å². The first-order valence-electron chi connectivity index (χ1n) is 11.2. The highest BCUT2D eigenvalue weighted by molar-refractivity contribution is 6.62. The number of hydrogen-bond acceptors (Lipinski definition) is 7. The van der Waals surface area contributed by atoms with Crippen LogP contribution in [0.1, 0.15) is 65.3 Å². The van der Waals surface area contributed by atoms with Crippen LogP contribution in [-0.2, 0) is 38.9 Å². The molecule has 2 aliphatic rings. The minimum absolute atomic E-state index is 0.165. The summed E-state index contributed by atoms with van der Waals surface area (Å²) in [5.74, 6) is 0. The number of aromatic nitrogens is 4. The molecule has 4 heterocycles. The quantitative estimate of drug-likeness (QED) is 0.655. The molecule has 31 heavy (non-hydrogen) atoms. The zero-order valence-corrected chi connectivity index (χ0v) is 19.5. The monoisotopic (exact) mass is 428 g/mol. The predicted octanol–water partition coefficient (Wildman–Crippen LogP) is 2.78. The van der Waals surface area contributed by atoms with Gasteiger partial charge in [0.2, 0.25) is 0 Å². The molecule has 0 aliphatic carbocycles. The normalized spacial score (nSPS) is 22.8. The van der Waals surface area contributed by atoms with Crippen LogP contribution in [0.25, 0.3) is 11.4 Å². The Morgan fingerprint density at radius 3 is 2.55 bits per heavy atom. The molecule has 1 unspecified atom stereocenters.